The Bertz CT molecular complexity index is 1210. The Kier molecular flexibility index (Phi) is 4.75. The number of hydrogen-bond acceptors (Lipinski definition) is 3. The lowest BCUT2D eigenvalue weighted by Gasteiger charge is -2.10. The molecule has 4 rings (SSSR count). The number of fused-ring (bicyclic) bond motifs is 1. The SMILES string of the molecule is Cc1ccc(F)cc1NC(=O)c1cnn2c(C(F)F)cc(-c3ccccc3)nc12. The van der Waals surface area contributed by atoms with Gasteiger partial charge in [0.15, 0.2) is 5.65 Å². The number of benzene rings is 2. The van der Waals surface area contributed by atoms with Gasteiger partial charge in [-0.25, -0.2) is 22.7 Å². The van der Waals surface area contributed by atoms with Gasteiger partial charge >= 0.3 is 0 Å². The van der Waals surface area contributed by atoms with E-state index in [2.05, 4.69) is 15.4 Å². The molecule has 0 fully saturated rings. The number of amides is 1. The van der Waals surface area contributed by atoms with E-state index in [0.717, 1.165) is 4.52 Å². The minimum Gasteiger partial charge on any atom is -0.321 e. The average molecular weight is 396 g/mol. The van der Waals surface area contributed by atoms with Crippen molar-refractivity contribution in [1.29, 1.82) is 0 Å². The van der Waals surface area contributed by atoms with Crippen LogP contribution in [0.5, 0.6) is 0 Å². The third-order valence-corrected chi connectivity index (χ3v) is 4.48. The molecule has 0 aliphatic carbocycles. The molecule has 146 valence electrons. The van der Waals surface area contributed by atoms with E-state index in [1.165, 1.54) is 30.5 Å². The van der Waals surface area contributed by atoms with Crippen LogP contribution in [0, 0.1) is 12.7 Å². The molecule has 0 bridgehead atoms. The maximum atomic E-state index is 13.6. The molecule has 1 N–H and O–H groups in total. The molecule has 5 nitrogen and oxygen atoms in total. The first-order valence-corrected chi connectivity index (χ1v) is 8.74. The van der Waals surface area contributed by atoms with Crippen molar-refractivity contribution in [2.24, 2.45) is 0 Å². The number of anilines is 1. The summed E-state index contributed by atoms with van der Waals surface area (Å²) in [6, 6.07) is 14.0. The van der Waals surface area contributed by atoms with Crippen LogP contribution in [-0.2, 0) is 0 Å². The Hall–Kier alpha value is -3.68. The zero-order chi connectivity index (χ0) is 20.5. The number of carbonyl (C=O) groups excluding carboxylic acids is 1. The summed E-state index contributed by atoms with van der Waals surface area (Å²) in [7, 11) is 0. The van der Waals surface area contributed by atoms with Gasteiger partial charge in [0.1, 0.15) is 17.1 Å². The van der Waals surface area contributed by atoms with Crippen molar-refractivity contribution in [3.8, 4) is 11.3 Å². The van der Waals surface area contributed by atoms with Gasteiger partial charge in [-0.15, -0.1) is 0 Å². The number of carbonyl (C=O) groups is 1. The van der Waals surface area contributed by atoms with Crippen molar-refractivity contribution in [2.75, 3.05) is 5.32 Å². The monoisotopic (exact) mass is 396 g/mol. The molecule has 1 amide bonds. The van der Waals surface area contributed by atoms with Crippen LogP contribution in [0.15, 0.2) is 60.8 Å². The number of rotatable bonds is 4. The fraction of sp³-hybridized carbons (Fsp3) is 0.0952. The normalized spacial score (nSPS) is 11.2. The zero-order valence-corrected chi connectivity index (χ0v) is 15.2. The lowest BCUT2D eigenvalue weighted by molar-refractivity contribution is 0.102. The van der Waals surface area contributed by atoms with Gasteiger partial charge in [0.05, 0.1) is 11.9 Å². The highest BCUT2D eigenvalue weighted by molar-refractivity contribution is 6.08. The minimum absolute atomic E-state index is 0.00629. The summed E-state index contributed by atoms with van der Waals surface area (Å²) in [5, 5.41) is 6.51. The number of hydrogen-bond donors (Lipinski definition) is 1. The first-order chi connectivity index (χ1) is 13.9. The number of alkyl halides is 2. The number of aromatic nitrogens is 3. The summed E-state index contributed by atoms with van der Waals surface area (Å²) in [6.07, 6.45) is -1.64. The molecular weight excluding hydrogens is 381 g/mol. The van der Waals surface area contributed by atoms with E-state index in [-0.39, 0.29) is 22.6 Å². The summed E-state index contributed by atoms with van der Waals surface area (Å²) in [5.74, 6) is -1.12. The number of nitrogens with zero attached hydrogens (tertiary/aromatic N) is 3. The standard InChI is InChI=1S/C21H15F3N4O/c1-12-7-8-14(22)9-16(12)27-21(29)15-11-25-28-18(19(23)24)10-17(26-20(15)28)13-5-3-2-4-6-13/h2-11,19H,1H3,(H,27,29). The molecule has 0 spiro atoms. The number of aryl methyl sites for hydroxylation is 1. The van der Waals surface area contributed by atoms with Crippen molar-refractivity contribution >= 4 is 17.2 Å². The van der Waals surface area contributed by atoms with Crippen LogP contribution in [0.3, 0.4) is 0 Å². The van der Waals surface area contributed by atoms with E-state index >= 15 is 0 Å². The van der Waals surface area contributed by atoms with E-state index in [1.54, 1.807) is 37.3 Å². The van der Waals surface area contributed by atoms with E-state index in [1.807, 2.05) is 0 Å². The third-order valence-electron chi connectivity index (χ3n) is 4.48. The second-order valence-corrected chi connectivity index (χ2v) is 6.44. The van der Waals surface area contributed by atoms with Crippen LogP contribution in [0.25, 0.3) is 16.9 Å². The molecule has 2 aromatic heterocycles. The van der Waals surface area contributed by atoms with Crippen LogP contribution >= 0.6 is 0 Å². The molecule has 0 unspecified atom stereocenters. The quantitative estimate of drug-likeness (QED) is 0.526. The van der Waals surface area contributed by atoms with Gasteiger partial charge in [0.25, 0.3) is 12.3 Å². The first kappa shape index (κ1) is 18.7. The van der Waals surface area contributed by atoms with Crippen LogP contribution in [0.2, 0.25) is 0 Å². The molecule has 2 aromatic carbocycles. The Morgan fingerprint density at radius 2 is 1.86 bits per heavy atom. The first-order valence-electron chi connectivity index (χ1n) is 8.74. The van der Waals surface area contributed by atoms with Crippen LogP contribution in [-0.4, -0.2) is 20.5 Å². The Morgan fingerprint density at radius 1 is 1.10 bits per heavy atom. The summed E-state index contributed by atoms with van der Waals surface area (Å²) in [6.45, 7) is 1.71. The van der Waals surface area contributed by atoms with Crippen molar-refractivity contribution in [1.82, 2.24) is 14.6 Å². The van der Waals surface area contributed by atoms with E-state index < -0.39 is 18.1 Å². The second kappa shape index (κ2) is 7.38. The topological polar surface area (TPSA) is 59.3 Å². The third kappa shape index (κ3) is 3.56. The molecular formula is C21H15F3N4O. The van der Waals surface area contributed by atoms with Gasteiger partial charge in [0.2, 0.25) is 0 Å². The Balaban J connectivity index is 1.82. The maximum Gasteiger partial charge on any atom is 0.280 e. The highest BCUT2D eigenvalue weighted by Gasteiger charge is 2.22. The molecule has 0 saturated carbocycles. The number of halogens is 3. The molecule has 0 radical (unpaired) electrons. The maximum absolute atomic E-state index is 13.6. The van der Waals surface area contributed by atoms with Crippen LogP contribution in [0.4, 0.5) is 18.9 Å². The summed E-state index contributed by atoms with van der Waals surface area (Å²) < 4.78 is 41.7. The molecule has 0 atom stereocenters. The summed E-state index contributed by atoms with van der Waals surface area (Å²) in [4.78, 5) is 17.2. The fourth-order valence-corrected chi connectivity index (χ4v) is 2.98. The molecule has 4 aromatic rings. The minimum atomic E-state index is -2.82. The fourth-order valence-electron chi connectivity index (χ4n) is 2.98. The van der Waals surface area contributed by atoms with Crippen LogP contribution < -0.4 is 5.32 Å². The predicted octanol–water partition coefficient (Wildman–Crippen LogP) is 5.03. The Morgan fingerprint density at radius 3 is 2.59 bits per heavy atom. The predicted molar refractivity (Wildman–Crippen MR) is 102 cm³/mol. The summed E-state index contributed by atoms with van der Waals surface area (Å²) in [5.41, 5.74) is 1.48. The van der Waals surface area contributed by atoms with Crippen molar-refractivity contribution in [3.63, 3.8) is 0 Å². The van der Waals surface area contributed by atoms with E-state index in [4.69, 9.17) is 0 Å². The molecule has 0 aliphatic heterocycles. The van der Waals surface area contributed by atoms with Gasteiger partial charge < -0.3 is 5.32 Å². The second-order valence-electron chi connectivity index (χ2n) is 6.44. The lowest BCUT2D eigenvalue weighted by Crippen LogP contribution is -2.13. The largest absolute Gasteiger partial charge is 0.321 e. The molecule has 0 aliphatic rings. The van der Waals surface area contributed by atoms with Gasteiger partial charge in [-0.3, -0.25) is 4.79 Å². The Labute approximate surface area is 163 Å². The molecule has 29 heavy (non-hydrogen) atoms. The smallest absolute Gasteiger partial charge is 0.280 e. The number of nitrogens with one attached hydrogen (secondary N) is 1. The van der Waals surface area contributed by atoms with Gasteiger partial charge in [-0.1, -0.05) is 36.4 Å². The highest BCUT2D eigenvalue weighted by Crippen LogP contribution is 2.27. The highest BCUT2D eigenvalue weighted by atomic mass is 19.3. The van der Waals surface area contributed by atoms with Crippen molar-refractivity contribution in [2.45, 2.75) is 13.3 Å². The van der Waals surface area contributed by atoms with E-state index in [9.17, 15) is 18.0 Å². The van der Waals surface area contributed by atoms with Crippen molar-refractivity contribution in [3.05, 3.63) is 83.4 Å². The van der Waals surface area contributed by atoms with Crippen molar-refractivity contribution < 1.29 is 18.0 Å². The molecule has 8 heteroatoms. The van der Waals surface area contributed by atoms with Gasteiger partial charge in [-0.2, -0.15) is 5.10 Å². The lowest BCUT2D eigenvalue weighted by atomic mass is 10.1. The average Bonchev–Trinajstić information content (AvgIpc) is 3.14. The summed E-state index contributed by atoms with van der Waals surface area (Å²) >= 11 is 0. The van der Waals surface area contributed by atoms with Crippen LogP contribution in [0.1, 0.15) is 28.0 Å². The molecule has 2 heterocycles. The van der Waals surface area contributed by atoms with E-state index in [0.29, 0.717) is 16.8 Å². The molecule has 0 saturated heterocycles. The van der Waals surface area contributed by atoms with Gasteiger partial charge in [0, 0.05) is 11.3 Å². The zero-order valence-electron chi connectivity index (χ0n) is 15.2. The van der Waals surface area contributed by atoms with Gasteiger partial charge in [-0.05, 0) is 30.7 Å².